The maximum atomic E-state index is 13.0. The van der Waals surface area contributed by atoms with Crippen LogP contribution in [0.25, 0.3) is 11.3 Å². The zero-order chi connectivity index (χ0) is 27.0. The van der Waals surface area contributed by atoms with Crippen LogP contribution in [-0.2, 0) is 24.2 Å². The zero-order valence-corrected chi connectivity index (χ0v) is 22.3. The van der Waals surface area contributed by atoms with Gasteiger partial charge >= 0.3 is 0 Å². The van der Waals surface area contributed by atoms with Crippen LogP contribution in [0.15, 0.2) is 85.1 Å². The number of ether oxygens (including phenoxy) is 1. The van der Waals surface area contributed by atoms with Crippen LogP contribution in [0, 0.1) is 5.92 Å². The summed E-state index contributed by atoms with van der Waals surface area (Å²) in [5.41, 5.74) is 5.41. The van der Waals surface area contributed by atoms with Crippen molar-refractivity contribution in [2.24, 2.45) is 5.92 Å². The van der Waals surface area contributed by atoms with Crippen molar-refractivity contribution < 1.29 is 14.6 Å². The van der Waals surface area contributed by atoms with Crippen LogP contribution in [0.2, 0.25) is 0 Å². The van der Waals surface area contributed by atoms with Crippen LogP contribution in [-0.4, -0.2) is 21.0 Å². The summed E-state index contributed by atoms with van der Waals surface area (Å²) in [6.45, 7) is 2.25. The van der Waals surface area contributed by atoms with E-state index < -0.39 is 6.10 Å². The largest absolute Gasteiger partial charge is 0.489 e. The Morgan fingerprint density at radius 2 is 1.69 bits per heavy atom. The first-order chi connectivity index (χ1) is 19.0. The first kappa shape index (κ1) is 26.6. The molecule has 4 aromatic rings. The molecule has 1 aromatic heterocycles. The SMILES string of the molecule is CC(O)c1ccc(-c2cnc(NC(=O)Cc3ccc(OCc4ccccc4)cc3)c(CC3CCCC3)n2)cc1. The van der Waals surface area contributed by atoms with Gasteiger partial charge in [-0.15, -0.1) is 0 Å². The van der Waals surface area contributed by atoms with Crippen LogP contribution in [0.1, 0.15) is 61.1 Å². The predicted molar refractivity (Wildman–Crippen MR) is 153 cm³/mol. The van der Waals surface area contributed by atoms with E-state index in [1.807, 2.05) is 78.9 Å². The molecule has 1 unspecified atom stereocenters. The highest BCUT2D eigenvalue weighted by Crippen LogP contribution is 2.30. The fourth-order valence-corrected chi connectivity index (χ4v) is 5.04. The number of aliphatic hydroxyl groups is 1. The van der Waals surface area contributed by atoms with Crippen LogP contribution >= 0.6 is 0 Å². The molecular weight excluding hydrogens is 486 g/mol. The van der Waals surface area contributed by atoms with Gasteiger partial charge in [0.25, 0.3) is 0 Å². The number of amides is 1. The molecule has 1 amide bonds. The molecule has 1 saturated carbocycles. The van der Waals surface area contributed by atoms with Gasteiger partial charge < -0.3 is 15.2 Å². The molecule has 1 atom stereocenters. The first-order valence-electron chi connectivity index (χ1n) is 13.7. The molecule has 1 fully saturated rings. The molecule has 6 nitrogen and oxygen atoms in total. The maximum Gasteiger partial charge on any atom is 0.229 e. The Morgan fingerprint density at radius 3 is 2.38 bits per heavy atom. The summed E-state index contributed by atoms with van der Waals surface area (Å²) in [4.78, 5) is 22.6. The van der Waals surface area contributed by atoms with Gasteiger partial charge in [0, 0.05) is 5.56 Å². The predicted octanol–water partition coefficient (Wildman–Crippen LogP) is 6.69. The van der Waals surface area contributed by atoms with Gasteiger partial charge in [0.1, 0.15) is 12.4 Å². The maximum absolute atomic E-state index is 13.0. The van der Waals surface area contributed by atoms with Gasteiger partial charge in [0.2, 0.25) is 5.91 Å². The number of aromatic nitrogens is 2. The fraction of sp³-hybridized carbons (Fsp3) is 0.303. The minimum Gasteiger partial charge on any atom is -0.489 e. The van der Waals surface area contributed by atoms with Gasteiger partial charge in [-0.3, -0.25) is 4.79 Å². The Hall–Kier alpha value is -4.03. The van der Waals surface area contributed by atoms with Crippen molar-refractivity contribution >= 4 is 11.7 Å². The number of anilines is 1. The lowest BCUT2D eigenvalue weighted by molar-refractivity contribution is -0.115. The van der Waals surface area contributed by atoms with Crippen molar-refractivity contribution in [3.05, 3.63) is 107 Å². The summed E-state index contributed by atoms with van der Waals surface area (Å²) < 4.78 is 5.86. The molecule has 0 radical (unpaired) electrons. The molecule has 0 bridgehead atoms. The number of nitrogens with zero attached hydrogens (tertiary/aromatic N) is 2. The third-order valence-electron chi connectivity index (χ3n) is 7.28. The zero-order valence-electron chi connectivity index (χ0n) is 22.3. The number of rotatable bonds is 10. The second-order valence-corrected chi connectivity index (χ2v) is 10.3. The van der Waals surface area contributed by atoms with Crippen LogP contribution in [0.5, 0.6) is 5.75 Å². The number of benzene rings is 3. The van der Waals surface area contributed by atoms with Crippen molar-refractivity contribution in [1.82, 2.24) is 9.97 Å². The number of carbonyl (C=O) groups is 1. The molecule has 5 rings (SSSR count). The second-order valence-electron chi connectivity index (χ2n) is 10.3. The van der Waals surface area contributed by atoms with E-state index >= 15 is 0 Å². The lowest BCUT2D eigenvalue weighted by Gasteiger charge is -2.15. The highest BCUT2D eigenvalue weighted by molar-refractivity contribution is 5.92. The molecule has 0 aliphatic heterocycles. The smallest absolute Gasteiger partial charge is 0.229 e. The van der Waals surface area contributed by atoms with Gasteiger partial charge in [-0.25, -0.2) is 9.97 Å². The number of aliphatic hydroxyl groups excluding tert-OH is 1. The minimum atomic E-state index is -0.515. The molecule has 39 heavy (non-hydrogen) atoms. The highest BCUT2D eigenvalue weighted by Gasteiger charge is 2.20. The van der Waals surface area contributed by atoms with E-state index in [-0.39, 0.29) is 12.3 Å². The molecule has 1 heterocycles. The average Bonchev–Trinajstić information content (AvgIpc) is 3.47. The molecule has 1 aliphatic carbocycles. The summed E-state index contributed by atoms with van der Waals surface area (Å²) in [6.07, 6.45) is 7.09. The van der Waals surface area contributed by atoms with E-state index in [4.69, 9.17) is 9.72 Å². The molecule has 6 heteroatoms. The molecule has 0 saturated heterocycles. The van der Waals surface area contributed by atoms with Crippen LogP contribution < -0.4 is 10.1 Å². The van der Waals surface area contributed by atoms with Crippen molar-refractivity contribution in [1.29, 1.82) is 0 Å². The van der Waals surface area contributed by atoms with E-state index in [1.165, 1.54) is 25.7 Å². The molecular formula is C33H35N3O3. The molecule has 2 N–H and O–H groups in total. The Bertz CT molecular complexity index is 1360. The van der Waals surface area contributed by atoms with Gasteiger partial charge in [-0.1, -0.05) is 92.4 Å². The third-order valence-corrected chi connectivity index (χ3v) is 7.28. The minimum absolute atomic E-state index is 0.121. The van der Waals surface area contributed by atoms with Crippen LogP contribution in [0.3, 0.4) is 0 Å². The average molecular weight is 522 g/mol. The van der Waals surface area contributed by atoms with E-state index in [2.05, 4.69) is 10.3 Å². The van der Waals surface area contributed by atoms with Crippen LogP contribution in [0.4, 0.5) is 5.82 Å². The molecule has 200 valence electrons. The number of carbonyl (C=O) groups excluding carboxylic acids is 1. The second kappa shape index (κ2) is 12.7. The highest BCUT2D eigenvalue weighted by atomic mass is 16.5. The van der Waals surface area contributed by atoms with E-state index in [9.17, 15) is 9.90 Å². The Balaban J connectivity index is 1.25. The summed E-state index contributed by atoms with van der Waals surface area (Å²) in [7, 11) is 0. The lowest BCUT2D eigenvalue weighted by atomic mass is 10.0. The summed E-state index contributed by atoms with van der Waals surface area (Å²) in [6, 6.07) is 25.4. The molecule has 3 aromatic carbocycles. The third kappa shape index (κ3) is 7.30. The summed E-state index contributed by atoms with van der Waals surface area (Å²) in [5, 5.41) is 12.8. The Labute approximate surface area is 230 Å². The number of hydrogen-bond acceptors (Lipinski definition) is 5. The van der Waals surface area contributed by atoms with Gasteiger partial charge in [0.05, 0.1) is 30.1 Å². The monoisotopic (exact) mass is 521 g/mol. The number of hydrogen-bond donors (Lipinski definition) is 2. The fourth-order valence-electron chi connectivity index (χ4n) is 5.04. The summed E-state index contributed by atoms with van der Waals surface area (Å²) in [5.74, 6) is 1.75. The van der Waals surface area contributed by atoms with Gasteiger partial charge in [0.15, 0.2) is 5.82 Å². The van der Waals surface area contributed by atoms with E-state index in [0.717, 1.165) is 45.8 Å². The Kier molecular flexibility index (Phi) is 8.64. The van der Waals surface area contributed by atoms with Crippen molar-refractivity contribution in [3.63, 3.8) is 0 Å². The number of nitrogens with one attached hydrogen (secondary N) is 1. The van der Waals surface area contributed by atoms with Gasteiger partial charge in [-0.05, 0) is 48.1 Å². The van der Waals surface area contributed by atoms with Crippen molar-refractivity contribution in [2.45, 2.75) is 58.2 Å². The normalized spacial score (nSPS) is 14.2. The van der Waals surface area contributed by atoms with E-state index in [1.54, 1.807) is 13.1 Å². The van der Waals surface area contributed by atoms with E-state index in [0.29, 0.717) is 18.3 Å². The first-order valence-corrected chi connectivity index (χ1v) is 13.7. The Morgan fingerprint density at radius 1 is 0.974 bits per heavy atom. The quantitative estimate of drug-likeness (QED) is 0.243. The summed E-state index contributed by atoms with van der Waals surface area (Å²) >= 11 is 0. The topological polar surface area (TPSA) is 84.3 Å². The molecule has 0 spiro atoms. The standard InChI is InChI=1S/C33H35N3O3/c1-23(37)27-13-15-28(16-14-27)31-21-34-33(30(35-31)19-24-7-5-6-8-24)36-32(38)20-25-11-17-29(18-12-25)39-22-26-9-3-2-4-10-26/h2-4,9-18,21,23-24,37H,5-8,19-20,22H2,1H3,(H,34,36,38). The lowest BCUT2D eigenvalue weighted by Crippen LogP contribution is -2.18. The van der Waals surface area contributed by atoms with Crippen molar-refractivity contribution in [2.75, 3.05) is 5.32 Å². The van der Waals surface area contributed by atoms with Crippen molar-refractivity contribution in [3.8, 4) is 17.0 Å². The molecule has 1 aliphatic rings. The van der Waals surface area contributed by atoms with Gasteiger partial charge in [-0.2, -0.15) is 0 Å².